The summed E-state index contributed by atoms with van der Waals surface area (Å²) in [5.41, 5.74) is 1.79. The van der Waals surface area contributed by atoms with Gasteiger partial charge in [0.05, 0.1) is 6.10 Å². The minimum Gasteiger partial charge on any atom is -0.387 e. The molecule has 2 N–H and O–H groups in total. The molecular weight excluding hydrogens is 277 g/mol. The molecule has 0 heterocycles. The van der Waals surface area contributed by atoms with E-state index in [1.165, 1.54) is 12.1 Å². The van der Waals surface area contributed by atoms with Gasteiger partial charge in [-0.25, -0.2) is 4.39 Å². The van der Waals surface area contributed by atoms with E-state index in [4.69, 9.17) is 11.6 Å². The summed E-state index contributed by atoms with van der Waals surface area (Å²) < 4.78 is 12.8. The van der Waals surface area contributed by atoms with E-state index in [1.54, 1.807) is 12.1 Å². The lowest BCUT2D eigenvalue weighted by molar-refractivity contribution is 0.170. The van der Waals surface area contributed by atoms with Crippen LogP contribution >= 0.6 is 11.6 Å². The molecule has 4 heteroatoms. The summed E-state index contributed by atoms with van der Waals surface area (Å²) in [7, 11) is 0. The van der Waals surface area contributed by atoms with Gasteiger partial charge in [0.2, 0.25) is 0 Å². The summed E-state index contributed by atoms with van der Waals surface area (Å²) >= 11 is 5.85. The number of hydrogen-bond acceptors (Lipinski definition) is 2. The molecule has 0 aromatic heterocycles. The molecule has 106 valence electrons. The lowest BCUT2D eigenvalue weighted by Gasteiger charge is -2.18. The van der Waals surface area contributed by atoms with Gasteiger partial charge in [0.15, 0.2) is 0 Å². The van der Waals surface area contributed by atoms with E-state index in [2.05, 4.69) is 5.32 Å². The van der Waals surface area contributed by atoms with Gasteiger partial charge in [-0.15, -0.1) is 0 Å². The van der Waals surface area contributed by atoms with Crippen molar-refractivity contribution in [1.82, 2.24) is 5.32 Å². The number of halogens is 2. The molecular formula is C16H17ClFNO. The number of hydrogen-bond donors (Lipinski definition) is 2. The lowest BCUT2D eigenvalue weighted by atomic mass is 10.1. The van der Waals surface area contributed by atoms with Crippen LogP contribution in [-0.2, 0) is 0 Å². The molecule has 0 saturated heterocycles. The van der Waals surface area contributed by atoms with Gasteiger partial charge in [0, 0.05) is 17.6 Å². The minimum atomic E-state index is -0.662. The van der Waals surface area contributed by atoms with Crippen LogP contribution in [0.1, 0.15) is 30.2 Å². The third-order valence-corrected chi connectivity index (χ3v) is 3.49. The molecule has 0 saturated carbocycles. The van der Waals surface area contributed by atoms with Crippen LogP contribution in [0.15, 0.2) is 48.5 Å². The van der Waals surface area contributed by atoms with Gasteiger partial charge in [-0.2, -0.15) is 0 Å². The van der Waals surface area contributed by atoms with Gasteiger partial charge in [-0.05, 0) is 42.3 Å². The lowest BCUT2D eigenvalue weighted by Crippen LogP contribution is -2.24. The molecule has 0 aliphatic heterocycles. The molecule has 0 bridgehead atoms. The summed E-state index contributed by atoms with van der Waals surface area (Å²) in [6, 6.07) is 13.6. The molecule has 20 heavy (non-hydrogen) atoms. The highest BCUT2D eigenvalue weighted by Crippen LogP contribution is 2.18. The minimum absolute atomic E-state index is 0.0994. The average molecular weight is 294 g/mol. The van der Waals surface area contributed by atoms with Gasteiger partial charge in [0.25, 0.3) is 0 Å². The summed E-state index contributed by atoms with van der Waals surface area (Å²) in [5, 5.41) is 14.0. The molecule has 0 aliphatic rings. The van der Waals surface area contributed by atoms with Crippen LogP contribution in [0.25, 0.3) is 0 Å². The van der Waals surface area contributed by atoms with E-state index < -0.39 is 6.10 Å². The van der Waals surface area contributed by atoms with E-state index >= 15 is 0 Å². The maximum atomic E-state index is 12.8. The topological polar surface area (TPSA) is 32.3 Å². The van der Waals surface area contributed by atoms with Crippen LogP contribution in [0.2, 0.25) is 5.02 Å². The van der Waals surface area contributed by atoms with Crippen molar-refractivity contribution in [2.24, 2.45) is 0 Å². The highest BCUT2D eigenvalue weighted by atomic mass is 35.5. The third kappa shape index (κ3) is 4.04. The van der Waals surface area contributed by atoms with Gasteiger partial charge in [-0.1, -0.05) is 35.9 Å². The van der Waals surface area contributed by atoms with Crippen LogP contribution in [-0.4, -0.2) is 11.7 Å². The zero-order valence-corrected chi connectivity index (χ0v) is 11.9. The van der Waals surface area contributed by atoms with E-state index in [0.29, 0.717) is 17.1 Å². The van der Waals surface area contributed by atoms with Crippen LogP contribution in [0, 0.1) is 5.82 Å². The van der Waals surface area contributed by atoms with Gasteiger partial charge >= 0.3 is 0 Å². The van der Waals surface area contributed by atoms with Gasteiger partial charge in [0.1, 0.15) is 5.82 Å². The predicted molar refractivity (Wildman–Crippen MR) is 79.2 cm³/mol. The van der Waals surface area contributed by atoms with Crippen molar-refractivity contribution in [2.45, 2.75) is 19.1 Å². The first kappa shape index (κ1) is 15.0. The fraction of sp³-hybridized carbons (Fsp3) is 0.250. The molecule has 2 unspecified atom stereocenters. The average Bonchev–Trinajstić information content (AvgIpc) is 2.46. The van der Waals surface area contributed by atoms with E-state index in [1.807, 2.05) is 31.2 Å². The Bertz CT molecular complexity index is 490. The summed E-state index contributed by atoms with van der Waals surface area (Å²) in [4.78, 5) is 0. The Hall–Kier alpha value is -1.42. The summed E-state index contributed by atoms with van der Waals surface area (Å²) in [6.45, 7) is 2.41. The molecule has 2 atom stereocenters. The van der Waals surface area contributed by atoms with Crippen molar-refractivity contribution in [3.05, 3.63) is 70.5 Å². The van der Waals surface area contributed by atoms with E-state index in [-0.39, 0.29) is 11.9 Å². The zero-order chi connectivity index (χ0) is 14.5. The molecule has 0 fully saturated rings. The molecule has 0 radical (unpaired) electrons. The molecule has 2 nitrogen and oxygen atoms in total. The van der Waals surface area contributed by atoms with Crippen molar-refractivity contribution < 1.29 is 9.50 Å². The van der Waals surface area contributed by atoms with Crippen molar-refractivity contribution >= 4 is 11.6 Å². The van der Waals surface area contributed by atoms with Crippen LogP contribution < -0.4 is 5.32 Å². The fourth-order valence-electron chi connectivity index (χ4n) is 1.96. The first-order chi connectivity index (χ1) is 9.56. The number of aliphatic hydroxyl groups is 1. The Morgan fingerprint density at radius 2 is 1.60 bits per heavy atom. The van der Waals surface area contributed by atoms with Crippen molar-refractivity contribution in [3.8, 4) is 0 Å². The smallest absolute Gasteiger partial charge is 0.123 e. The molecule has 0 aliphatic carbocycles. The Morgan fingerprint density at radius 3 is 2.20 bits per heavy atom. The maximum absolute atomic E-state index is 12.8. The molecule has 2 aromatic rings. The summed E-state index contributed by atoms with van der Waals surface area (Å²) in [5.74, 6) is -0.302. The Labute approximate surface area is 123 Å². The second-order valence-electron chi connectivity index (χ2n) is 4.75. The monoisotopic (exact) mass is 293 g/mol. The first-order valence-electron chi connectivity index (χ1n) is 6.48. The SMILES string of the molecule is CC(NCC(O)c1ccc(F)cc1)c1ccc(Cl)cc1. The third-order valence-electron chi connectivity index (χ3n) is 3.24. The van der Waals surface area contributed by atoms with E-state index in [0.717, 1.165) is 5.56 Å². The number of aliphatic hydroxyl groups excluding tert-OH is 1. The fourth-order valence-corrected chi connectivity index (χ4v) is 2.09. The van der Waals surface area contributed by atoms with Crippen molar-refractivity contribution in [2.75, 3.05) is 6.54 Å². The maximum Gasteiger partial charge on any atom is 0.123 e. The predicted octanol–water partition coefficient (Wildman–Crippen LogP) is 3.86. The van der Waals surface area contributed by atoms with Crippen LogP contribution in [0.3, 0.4) is 0 Å². The quantitative estimate of drug-likeness (QED) is 0.877. The molecule has 2 rings (SSSR count). The van der Waals surface area contributed by atoms with Gasteiger partial charge < -0.3 is 10.4 Å². The second kappa shape index (κ2) is 6.84. The van der Waals surface area contributed by atoms with Crippen LogP contribution in [0.4, 0.5) is 4.39 Å². The van der Waals surface area contributed by atoms with E-state index in [9.17, 15) is 9.50 Å². The molecule has 2 aromatic carbocycles. The number of nitrogens with one attached hydrogen (secondary N) is 1. The standard InChI is InChI=1S/C16H17ClFNO/c1-11(12-2-6-14(17)7-3-12)19-10-16(20)13-4-8-15(18)9-5-13/h2-9,11,16,19-20H,10H2,1H3. The van der Waals surface area contributed by atoms with Crippen molar-refractivity contribution in [1.29, 1.82) is 0 Å². The largest absolute Gasteiger partial charge is 0.387 e. The number of benzene rings is 2. The highest BCUT2D eigenvalue weighted by molar-refractivity contribution is 6.30. The normalized spacial score (nSPS) is 14.0. The van der Waals surface area contributed by atoms with Crippen LogP contribution in [0.5, 0.6) is 0 Å². The van der Waals surface area contributed by atoms with Crippen molar-refractivity contribution in [3.63, 3.8) is 0 Å². The first-order valence-corrected chi connectivity index (χ1v) is 6.86. The Morgan fingerprint density at radius 1 is 1.05 bits per heavy atom. The Balaban J connectivity index is 1.91. The molecule has 0 spiro atoms. The second-order valence-corrected chi connectivity index (χ2v) is 5.19. The number of rotatable bonds is 5. The zero-order valence-electron chi connectivity index (χ0n) is 11.2. The van der Waals surface area contributed by atoms with Gasteiger partial charge in [-0.3, -0.25) is 0 Å². The summed E-state index contributed by atoms with van der Waals surface area (Å²) in [6.07, 6.45) is -0.662. The highest BCUT2D eigenvalue weighted by Gasteiger charge is 2.10. The Kier molecular flexibility index (Phi) is 5.12. The molecule has 0 amide bonds.